The predicted octanol–water partition coefficient (Wildman–Crippen LogP) is 2.89. The van der Waals surface area contributed by atoms with Gasteiger partial charge >= 0.3 is 0 Å². The molecule has 1 fully saturated rings. The Hall–Kier alpha value is -0.0800. The highest BCUT2D eigenvalue weighted by atomic mass is 15.2. The summed E-state index contributed by atoms with van der Waals surface area (Å²) in [7, 11) is 4.38. The third-order valence-electron chi connectivity index (χ3n) is 4.39. The lowest BCUT2D eigenvalue weighted by molar-refractivity contribution is 0.129. The van der Waals surface area contributed by atoms with Crippen molar-refractivity contribution in [3.8, 4) is 0 Å². The van der Waals surface area contributed by atoms with Crippen LogP contribution in [0.25, 0.3) is 0 Å². The summed E-state index contributed by atoms with van der Waals surface area (Å²) in [6.07, 6.45) is 8.58. The third-order valence-corrected chi connectivity index (χ3v) is 4.39. The molecule has 96 valence electrons. The quantitative estimate of drug-likeness (QED) is 0.725. The van der Waals surface area contributed by atoms with Crippen LogP contribution in [0.5, 0.6) is 0 Å². The van der Waals surface area contributed by atoms with E-state index in [1.54, 1.807) is 0 Å². The monoisotopic (exact) mass is 226 g/mol. The molecule has 0 amide bonds. The molecule has 1 N–H and O–H groups in total. The van der Waals surface area contributed by atoms with Crippen molar-refractivity contribution >= 4 is 0 Å². The minimum Gasteiger partial charge on any atom is -0.319 e. The van der Waals surface area contributed by atoms with E-state index in [2.05, 4.69) is 38.2 Å². The van der Waals surface area contributed by atoms with E-state index in [4.69, 9.17) is 0 Å². The van der Waals surface area contributed by atoms with Gasteiger partial charge in [-0.15, -0.1) is 0 Å². The summed E-state index contributed by atoms with van der Waals surface area (Å²) < 4.78 is 0. The highest BCUT2D eigenvalue weighted by Crippen LogP contribution is 2.24. The number of hydrogen-bond donors (Lipinski definition) is 1. The Bertz CT molecular complexity index is 174. The molecule has 1 saturated carbocycles. The SMILES string of the molecule is CNCC(C)C(C)N(C)C1CCCCCC1. The van der Waals surface area contributed by atoms with Gasteiger partial charge in [-0.25, -0.2) is 0 Å². The Balaban J connectivity index is 2.43. The van der Waals surface area contributed by atoms with Crippen molar-refractivity contribution in [1.82, 2.24) is 10.2 Å². The van der Waals surface area contributed by atoms with Crippen LogP contribution < -0.4 is 5.32 Å². The van der Waals surface area contributed by atoms with Crippen LogP contribution in [0.15, 0.2) is 0 Å². The van der Waals surface area contributed by atoms with E-state index >= 15 is 0 Å². The molecule has 0 bridgehead atoms. The minimum atomic E-state index is 0.690. The first kappa shape index (κ1) is 14.0. The van der Waals surface area contributed by atoms with Gasteiger partial charge in [0.15, 0.2) is 0 Å². The Labute approximate surface area is 102 Å². The molecular weight excluding hydrogens is 196 g/mol. The second-order valence-corrected chi connectivity index (χ2v) is 5.59. The summed E-state index contributed by atoms with van der Waals surface area (Å²) in [5, 5.41) is 3.29. The number of nitrogens with one attached hydrogen (secondary N) is 1. The minimum absolute atomic E-state index is 0.690. The average molecular weight is 226 g/mol. The summed E-state index contributed by atoms with van der Waals surface area (Å²) in [6, 6.07) is 1.52. The van der Waals surface area contributed by atoms with Crippen molar-refractivity contribution in [2.45, 2.75) is 64.5 Å². The molecule has 16 heavy (non-hydrogen) atoms. The zero-order valence-corrected chi connectivity index (χ0v) is 11.6. The van der Waals surface area contributed by atoms with Crippen LogP contribution in [-0.2, 0) is 0 Å². The summed E-state index contributed by atoms with van der Waals surface area (Å²) in [5.74, 6) is 0.734. The molecule has 1 aliphatic carbocycles. The number of rotatable bonds is 5. The van der Waals surface area contributed by atoms with Crippen LogP contribution in [0.4, 0.5) is 0 Å². The van der Waals surface area contributed by atoms with Crippen molar-refractivity contribution in [2.75, 3.05) is 20.6 Å². The van der Waals surface area contributed by atoms with E-state index in [-0.39, 0.29) is 0 Å². The van der Waals surface area contributed by atoms with Gasteiger partial charge in [-0.1, -0.05) is 32.6 Å². The van der Waals surface area contributed by atoms with Gasteiger partial charge in [0.2, 0.25) is 0 Å². The number of hydrogen-bond acceptors (Lipinski definition) is 2. The number of nitrogens with zero attached hydrogens (tertiary/aromatic N) is 1. The van der Waals surface area contributed by atoms with E-state index in [1.807, 2.05) is 0 Å². The summed E-state index contributed by atoms with van der Waals surface area (Å²) in [5.41, 5.74) is 0. The fraction of sp³-hybridized carbons (Fsp3) is 1.00. The van der Waals surface area contributed by atoms with E-state index in [1.165, 1.54) is 38.5 Å². The summed E-state index contributed by atoms with van der Waals surface area (Å²) in [4.78, 5) is 2.63. The molecule has 0 aromatic heterocycles. The Morgan fingerprint density at radius 1 is 1.12 bits per heavy atom. The van der Waals surface area contributed by atoms with Gasteiger partial charge < -0.3 is 10.2 Å². The van der Waals surface area contributed by atoms with E-state index in [0.717, 1.165) is 18.5 Å². The molecule has 0 heterocycles. The highest BCUT2D eigenvalue weighted by molar-refractivity contribution is 4.79. The molecule has 2 atom stereocenters. The summed E-state index contributed by atoms with van der Waals surface area (Å²) >= 11 is 0. The van der Waals surface area contributed by atoms with Crippen molar-refractivity contribution in [1.29, 1.82) is 0 Å². The van der Waals surface area contributed by atoms with Crippen molar-refractivity contribution in [3.05, 3.63) is 0 Å². The van der Waals surface area contributed by atoms with Crippen molar-refractivity contribution in [2.24, 2.45) is 5.92 Å². The predicted molar refractivity (Wildman–Crippen MR) is 71.8 cm³/mol. The van der Waals surface area contributed by atoms with Crippen LogP contribution in [0.3, 0.4) is 0 Å². The van der Waals surface area contributed by atoms with E-state index in [0.29, 0.717) is 6.04 Å². The molecule has 0 aromatic rings. The second kappa shape index (κ2) is 7.29. The molecule has 2 unspecified atom stereocenters. The fourth-order valence-electron chi connectivity index (χ4n) is 2.89. The average Bonchev–Trinajstić information content (AvgIpc) is 2.56. The largest absolute Gasteiger partial charge is 0.319 e. The normalized spacial score (nSPS) is 23.1. The zero-order valence-electron chi connectivity index (χ0n) is 11.6. The molecule has 2 nitrogen and oxygen atoms in total. The smallest absolute Gasteiger partial charge is 0.0104 e. The van der Waals surface area contributed by atoms with Crippen molar-refractivity contribution < 1.29 is 0 Å². The van der Waals surface area contributed by atoms with Gasteiger partial charge in [0.05, 0.1) is 0 Å². The van der Waals surface area contributed by atoms with E-state index in [9.17, 15) is 0 Å². The lowest BCUT2D eigenvalue weighted by Crippen LogP contribution is -2.44. The lowest BCUT2D eigenvalue weighted by atomic mass is 9.98. The van der Waals surface area contributed by atoms with Crippen LogP contribution >= 0.6 is 0 Å². The Morgan fingerprint density at radius 2 is 1.69 bits per heavy atom. The molecule has 0 aromatic carbocycles. The van der Waals surface area contributed by atoms with Gasteiger partial charge in [-0.2, -0.15) is 0 Å². The van der Waals surface area contributed by atoms with Gasteiger partial charge in [0.1, 0.15) is 0 Å². The molecule has 0 radical (unpaired) electrons. The Morgan fingerprint density at radius 3 is 2.19 bits per heavy atom. The molecule has 2 heteroatoms. The first-order valence-electron chi connectivity index (χ1n) is 7.03. The van der Waals surface area contributed by atoms with Crippen LogP contribution in [0.1, 0.15) is 52.4 Å². The van der Waals surface area contributed by atoms with Crippen LogP contribution in [0, 0.1) is 5.92 Å². The maximum atomic E-state index is 3.29. The summed E-state index contributed by atoms with van der Waals surface area (Å²) in [6.45, 7) is 5.86. The second-order valence-electron chi connectivity index (χ2n) is 5.59. The third kappa shape index (κ3) is 4.06. The van der Waals surface area contributed by atoms with Crippen molar-refractivity contribution in [3.63, 3.8) is 0 Å². The van der Waals surface area contributed by atoms with E-state index < -0.39 is 0 Å². The first-order chi connectivity index (χ1) is 7.66. The van der Waals surface area contributed by atoms with Gasteiger partial charge in [0, 0.05) is 12.1 Å². The first-order valence-corrected chi connectivity index (χ1v) is 7.03. The highest BCUT2D eigenvalue weighted by Gasteiger charge is 2.23. The zero-order chi connectivity index (χ0) is 12.0. The topological polar surface area (TPSA) is 15.3 Å². The standard InChI is InChI=1S/C14H30N2/c1-12(11-15-3)13(2)16(4)14-9-7-5-6-8-10-14/h12-15H,5-11H2,1-4H3. The molecule has 1 rings (SSSR count). The fourth-order valence-corrected chi connectivity index (χ4v) is 2.89. The molecule has 0 spiro atoms. The Kier molecular flexibility index (Phi) is 6.37. The van der Waals surface area contributed by atoms with Crippen LogP contribution in [-0.4, -0.2) is 37.6 Å². The lowest BCUT2D eigenvalue weighted by Gasteiger charge is -2.36. The molecule has 0 aliphatic heterocycles. The molecule has 1 aliphatic rings. The maximum Gasteiger partial charge on any atom is 0.0104 e. The maximum absolute atomic E-state index is 3.29. The van der Waals surface area contributed by atoms with Crippen LogP contribution in [0.2, 0.25) is 0 Å². The van der Waals surface area contributed by atoms with Gasteiger partial charge in [0.25, 0.3) is 0 Å². The molecular formula is C14H30N2. The van der Waals surface area contributed by atoms with Gasteiger partial charge in [-0.05, 0) is 46.3 Å². The molecule has 0 saturated heterocycles. The van der Waals surface area contributed by atoms with Gasteiger partial charge in [-0.3, -0.25) is 0 Å².